The van der Waals surface area contributed by atoms with Gasteiger partial charge in [0.15, 0.2) is 0 Å². The van der Waals surface area contributed by atoms with Gasteiger partial charge in [-0.05, 0) is 97.3 Å². The van der Waals surface area contributed by atoms with E-state index in [1.807, 2.05) is 11.3 Å². The van der Waals surface area contributed by atoms with Crippen LogP contribution in [0.25, 0.3) is 64.5 Å². The maximum absolute atomic E-state index is 7.38. The van der Waals surface area contributed by atoms with Crippen molar-refractivity contribution in [3.63, 3.8) is 0 Å². The van der Waals surface area contributed by atoms with Gasteiger partial charge in [0.2, 0.25) is 5.88 Å². The molecule has 0 radical (unpaired) electrons. The number of hydrogen-bond acceptors (Lipinski definition) is 4. The molecule has 3 nitrogen and oxygen atoms in total. The summed E-state index contributed by atoms with van der Waals surface area (Å²) in [6, 6.07) is 73.0. The van der Waals surface area contributed by atoms with Crippen molar-refractivity contribution in [2.75, 3.05) is 9.71 Å². The van der Waals surface area contributed by atoms with E-state index in [0.29, 0.717) is 0 Å². The Hall–Kier alpha value is -7.60. The summed E-state index contributed by atoms with van der Waals surface area (Å²) >= 11 is 1.90. The lowest BCUT2D eigenvalue weighted by molar-refractivity contribution is 0.590. The second-order valence-electron chi connectivity index (χ2n) is 19.5. The SMILES string of the molecule is CC(C)(C)c1ccc(N2c3cc4sc5ccccc5c4c4c3B(c3c2oc2ccccc32)N2c3ccccc3C3(c5ccccc5-c5ccccc53)c3cccc-4c32)c(-c2ccccc2)c1. The van der Waals surface area contributed by atoms with Crippen molar-refractivity contribution >= 4 is 88.9 Å². The number of para-hydroxylation sites is 3. The van der Waals surface area contributed by atoms with E-state index in [2.05, 4.69) is 225 Å². The molecule has 310 valence electrons. The van der Waals surface area contributed by atoms with Crippen molar-refractivity contribution < 1.29 is 4.42 Å². The monoisotopic (exact) mass is 860 g/mol. The highest BCUT2D eigenvalue weighted by Crippen LogP contribution is 2.65. The quantitative estimate of drug-likeness (QED) is 0.161. The van der Waals surface area contributed by atoms with Crippen molar-refractivity contribution in [2.24, 2.45) is 0 Å². The molecule has 5 heteroatoms. The van der Waals surface area contributed by atoms with Crippen LogP contribution in [0.4, 0.5) is 28.6 Å². The third-order valence-corrected chi connectivity index (χ3v) is 16.3. The normalized spacial score (nSPS) is 14.6. The molecule has 11 aromatic rings. The summed E-state index contributed by atoms with van der Waals surface area (Å²) < 4.78 is 9.94. The lowest BCUT2D eigenvalue weighted by atomic mass is 9.42. The Labute approximate surface area is 387 Å². The molecule has 0 fully saturated rings. The van der Waals surface area contributed by atoms with Gasteiger partial charge in [0.1, 0.15) is 5.58 Å². The predicted molar refractivity (Wildman–Crippen MR) is 278 cm³/mol. The third-order valence-electron chi connectivity index (χ3n) is 15.2. The fourth-order valence-corrected chi connectivity index (χ4v) is 13.7. The maximum Gasteiger partial charge on any atom is 0.337 e. The second-order valence-corrected chi connectivity index (χ2v) is 20.6. The first-order chi connectivity index (χ1) is 32.4. The molecule has 3 aliphatic heterocycles. The van der Waals surface area contributed by atoms with E-state index in [4.69, 9.17) is 4.42 Å². The van der Waals surface area contributed by atoms with Crippen LogP contribution in [0.5, 0.6) is 0 Å². The smallest absolute Gasteiger partial charge is 0.337 e. The molecule has 0 bridgehead atoms. The van der Waals surface area contributed by atoms with Gasteiger partial charge < -0.3 is 9.23 Å². The third kappa shape index (κ3) is 4.49. The molecule has 15 rings (SSSR count). The Morgan fingerprint density at radius 2 is 1.15 bits per heavy atom. The summed E-state index contributed by atoms with van der Waals surface area (Å²) in [5.41, 5.74) is 21.7. The molecule has 9 aromatic carbocycles. The number of furan rings is 1. The summed E-state index contributed by atoms with van der Waals surface area (Å²) in [5, 5.41) is 3.77. The van der Waals surface area contributed by atoms with E-state index >= 15 is 0 Å². The van der Waals surface area contributed by atoms with Gasteiger partial charge in [-0.1, -0.05) is 178 Å². The molecule has 2 aromatic heterocycles. The largest absolute Gasteiger partial charge is 0.440 e. The summed E-state index contributed by atoms with van der Waals surface area (Å²) in [4.78, 5) is 5.21. The average Bonchev–Trinajstić information content (AvgIpc) is 4.02. The number of rotatable bonds is 2. The Balaban J connectivity index is 1.14. The van der Waals surface area contributed by atoms with Gasteiger partial charge in [0, 0.05) is 59.2 Å². The number of thiophene rings is 1. The standard InChI is InChI=1S/C61H41BN2OS/c1-60(2,3)37-32-33-48(43(34-37)36-18-5-4-6-19-36)63-50-35-53-54(41-23-10-16-31-52(41)66-53)55-42-24-17-28-47-58(42)64(62(57(50)55)56-40-22-9-15-30-51(40)65-59(56)63)49-29-14-13-27-46(49)61(47)44-25-11-7-20-38(44)39-21-8-12-26-45(39)61/h4-35H,1-3H3. The lowest BCUT2D eigenvalue weighted by Crippen LogP contribution is -2.63. The minimum atomic E-state index is -0.530. The summed E-state index contributed by atoms with van der Waals surface area (Å²) in [6.45, 7) is 6.71. The zero-order chi connectivity index (χ0) is 43.6. The van der Waals surface area contributed by atoms with E-state index < -0.39 is 5.41 Å². The Morgan fingerprint density at radius 3 is 1.94 bits per heavy atom. The highest BCUT2D eigenvalue weighted by Gasteiger charge is 2.57. The van der Waals surface area contributed by atoms with Gasteiger partial charge in [0.05, 0.1) is 11.1 Å². The van der Waals surface area contributed by atoms with Crippen LogP contribution in [0.2, 0.25) is 0 Å². The molecule has 0 amide bonds. The Kier molecular flexibility index (Phi) is 7.13. The first kappa shape index (κ1) is 36.7. The van der Waals surface area contributed by atoms with Crippen LogP contribution >= 0.6 is 11.3 Å². The van der Waals surface area contributed by atoms with E-state index in [9.17, 15) is 0 Å². The summed E-state index contributed by atoms with van der Waals surface area (Å²) in [6.07, 6.45) is 0. The molecule has 1 spiro atoms. The molecule has 66 heavy (non-hydrogen) atoms. The minimum absolute atomic E-state index is 0.0461. The number of nitrogens with zero attached hydrogens (tertiary/aromatic N) is 2. The number of benzene rings is 9. The van der Waals surface area contributed by atoms with Crippen molar-refractivity contribution in [1.82, 2.24) is 0 Å². The molecule has 4 aliphatic rings. The van der Waals surface area contributed by atoms with Crippen molar-refractivity contribution in [3.8, 4) is 33.4 Å². The van der Waals surface area contributed by atoms with Crippen LogP contribution < -0.4 is 20.6 Å². The molecular formula is C61H41BN2OS. The fraction of sp³-hybridized carbons (Fsp3) is 0.0820. The van der Waals surface area contributed by atoms with Gasteiger partial charge >= 0.3 is 6.85 Å². The lowest BCUT2D eigenvalue weighted by Gasteiger charge is -2.51. The maximum atomic E-state index is 7.38. The zero-order valence-corrected chi connectivity index (χ0v) is 37.6. The minimum Gasteiger partial charge on any atom is -0.440 e. The molecule has 5 heterocycles. The molecule has 0 unspecified atom stereocenters. The second kappa shape index (κ2) is 12.8. The average molecular weight is 861 g/mol. The zero-order valence-electron chi connectivity index (χ0n) is 36.8. The Bertz CT molecular complexity index is 3860. The van der Waals surface area contributed by atoms with Crippen molar-refractivity contribution in [2.45, 2.75) is 31.6 Å². The fourth-order valence-electron chi connectivity index (χ4n) is 12.6. The molecule has 0 atom stereocenters. The van der Waals surface area contributed by atoms with Crippen molar-refractivity contribution in [1.29, 1.82) is 0 Å². The van der Waals surface area contributed by atoms with Gasteiger partial charge in [-0.25, -0.2) is 0 Å². The number of anilines is 5. The van der Waals surface area contributed by atoms with Gasteiger partial charge in [-0.15, -0.1) is 11.3 Å². The van der Waals surface area contributed by atoms with E-state index in [0.717, 1.165) is 28.2 Å². The summed E-state index contributed by atoms with van der Waals surface area (Å²) in [5.74, 6) is 0.871. The highest BCUT2D eigenvalue weighted by atomic mass is 32.1. The molecule has 0 N–H and O–H groups in total. The van der Waals surface area contributed by atoms with Gasteiger partial charge in [-0.3, -0.25) is 4.90 Å². The Morgan fingerprint density at radius 1 is 0.500 bits per heavy atom. The van der Waals surface area contributed by atoms with E-state index in [-0.39, 0.29) is 12.3 Å². The van der Waals surface area contributed by atoms with Crippen molar-refractivity contribution in [3.05, 3.63) is 222 Å². The first-order valence-electron chi connectivity index (χ1n) is 23.1. The van der Waals surface area contributed by atoms with E-state index in [1.165, 1.54) is 104 Å². The summed E-state index contributed by atoms with van der Waals surface area (Å²) in [7, 11) is 0. The predicted octanol–water partition coefficient (Wildman–Crippen LogP) is 15.1. The van der Waals surface area contributed by atoms with E-state index in [1.54, 1.807) is 0 Å². The topological polar surface area (TPSA) is 19.6 Å². The van der Waals surface area contributed by atoms with Gasteiger partial charge in [0.25, 0.3) is 0 Å². The van der Waals surface area contributed by atoms with Crippen LogP contribution in [0, 0.1) is 0 Å². The van der Waals surface area contributed by atoms with Crippen LogP contribution in [-0.2, 0) is 10.8 Å². The molecule has 1 aliphatic carbocycles. The molecule has 0 saturated carbocycles. The molecular weight excluding hydrogens is 820 g/mol. The highest BCUT2D eigenvalue weighted by molar-refractivity contribution is 7.26. The van der Waals surface area contributed by atoms with Crippen LogP contribution in [-0.4, -0.2) is 6.85 Å². The van der Waals surface area contributed by atoms with Crippen LogP contribution in [0.1, 0.15) is 48.6 Å². The van der Waals surface area contributed by atoms with Gasteiger partial charge in [-0.2, -0.15) is 0 Å². The van der Waals surface area contributed by atoms with Crippen LogP contribution in [0.3, 0.4) is 0 Å². The van der Waals surface area contributed by atoms with Crippen LogP contribution in [0.15, 0.2) is 199 Å². The first-order valence-corrected chi connectivity index (χ1v) is 23.9. The number of fused-ring (bicyclic) bond motifs is 19. The molecule has 0 saturated heterocycles. The number of hydrogen-bond donors (Lipinski definition) is 0.